The first-order valence-electron chi connectivity index (χ1n) is 9.73. The number of anilines is 1. The average Bonchev–Trinajstić information content (AvgIpc) is 2.97. The van der Waals surface area contributed by atoms with Gasteiger partial charge in [-0.3, -0.25) is 4.79 Å². The Morgan fingerprint density at radius 1 is 1.00 bits per heavy atom. The van der Waals surface area contributed by atoms with Gasteiger partial charge in [0.05, 0.1) is 26.2 Å². The average molecular weight is 367 g/mol. The molecule has 0 saturated carbocycles. The van der Waals surface area contributed by atoms with Crippen LogP contribution in [0.1, 0.15) is 43.4 Å². The minimum absolute atomic E-state index is 0.166. The van der Waals surface area contributed by atoms with E-state index in [9.17, 15) is 4.79 Å². The molecule has 4 nitrogen and oxygen atoms in total. The van der Waals surface area contributed by atoms with Crippen LogP contribution in [0.3, 0.4) is 0 Å². The third-order valence-electron chi connectivity index (χ3n) is 5.22. The largest absolute Gasteiger partial charge is 0.496 e. The van der Waals surface area contributed by atoms with E-state index in [0.717, 1.165) is 65.2 Å². The van der Waals surface area contributed by atoms with Gasteiger partial charge in [-0.2, -0.15) is 0 Å². The topological polar surface area (TPSA) is 38.8 Å². The molecule has 1 aliphatic rings. The van der Waals surface area contributed by atoms with Gasteiger partial charge in [-0.15, -0.1) is 0 Å². The molecule has 0 fully saturated rings. The summed E-state index contributed by atoms with van der Waals surface area (Å²) in [6, 6.07) is 8.36. The molecule has 0 N–H and O–H groups in total. The number of hydrogen-bond donors (Lipinski definition) is 0. The Balaban J connectivity index is 2.25. The normalized spacial score (nSPS) is 13.1. The third kappa shape index (κ3) is 3.41. The van der Waals surface area contributed by atoms with Gasteiger partial charge in [0.2, 0.25) is 5.91 Å². The molecule has 2 aromatic carbocycles. The summed E-state index contributed by atoms with van der Waals surface area (Å²) in [5.41, 5.74) is 6.43. The first-order valence-corrected chi connectivity index (χ1v) is 9.73. The lowest BCUT2D eigenvalue weighted by molar-refractivity contribution is -0.117. The van der Waals surface area contributed by atoms with Crippen LogP contribution in [0.25, 0.3) is 11.1 Å². The summed E-state index contributed by atoms with van der Waals surface area (Å²) in [7, 11) is 3.39. The van der Waals surface area contributed by atoms with Gasteiger partial charge in [0, 0.05) is 12.2 Å². The monoisotopic (exact) mass is 367 g/mol. The molecule has 0 aliphatic carbocycles. The third-order valence-corrected chi connectivity index (χ3v) is 5.22. The Hall–Kier alpha value is -2.49. The lowest BCUT2D eigenvalue weighted by Gasteiger charge is -2.21. The van der Waals surface area contributed by atoms with Gasteiger partial charge >= 0.3 is 0 Å². The highest BCUT2D eigenvalue weighted by Gasteiger charge is 2.31. The van der Waals surface area contributed by atoms with E-state index in [0.29, 0.717) is 6.42 Å². The van der Waals surface area contributed by atoms with Crippen LogP contribution in [0.5, 0.6) is 11.5 Å². The number of carbonyl (C=O) groups is 1. The van der Waals surface area contributed by atoms with Crippen LogP contribution in [-0.2, 0) is 17.6 Å². The van der Waals surface area contributed by atoms with E-state index in [4.69, 9.17) is 9.47 Å². The number of fused-ring (bicyclic) bond motifs is 1. The van der Waals surface area contributed by atoms with Gasteiger partial charge in [-0.1, -0.05) is 26.3 Å². The van der Waals surface area contributed by atoms with Crippen molar-refractivity contribution in [2.24, 2.45) is 0 Å². The minimum atomic E-state index is 0.166. The Bertz CT molecular complexity index is 832. The molecular weight excluding hydrogens is 338 g/mol. The molecule has 0 aromatic heterocycles. The lowest BCUT2D eigenvalue weighted by atomic mass is 9.90. The molecule has 0 spiro atoms. The van der Waals surface area contributed by atoms with Crippen molar-refractivity contribution < 1.29 is 14.3 Å². The van der Waals surface area contributed by atoms with Crippen molar-refractivity contribution >= 4 is 11.6 Å². The number of aryl methyl sites for hydroxylation is 2. The number of carbonyl (C=O) groups excluding carboxylic acids is 1. The van der Waals surface area contributed by atoms with Crippen molar-refractivity contribution in [3.63, 3.8) is 0 Å². The van der Waals surface area contributed by atoms with E-state index >= 15 is 0 Å². The molecule has 0 radical (unpaired) electrons. The maximum Gasteiger partial charge on any atom is 0.231 e. The van der Waals surface area contributed by atoms with Crippen LogP contribution in [0.15, 0.2) is 24.3 Å². The number of hydrogen-bond acceptors (Lipinski definition) is 3. The highest BCUT2D eigenvalue weighted by atomic mass is 16.5. The predicted molar refractivity (Wildman–Crippen MR) is 110 cm³/mol. The zero-order valence-corrected chi connectivity index (χ0v) is 17.0. The van der Waals surface area contributed by atoms with Gasteiger partial charge in [-0.25, -0.2) is 0 Å². The Kier molecular flexibility index (Phi) is 5.73. The molecular formula is C23H29NO3. The molecule has 0 saturated heterocycles. The predicted octanol–water partition coefficient (Wildman–Crippen LogP) is 4.93. The first-order chi connectivity index (χ1) is 13.0. The summed E-state index contributed by atoms with van der Waals surface area (Å²) in [4.78, 5) is 14.5. The first kappa shape index (κ1) is 19.3. The Morgan fingerprint density at radius 3 is 2.22 bits per heavy atom. The number of rotatable bonds is 7. The molecule has 144 valence electrons. The van der Waals surface area contributed by atoms with Crippen LogP contribution < -0.4 is 14.4 Å². The van der Waals surface area contributed by atoms with Crippen molar-refractivity contribution in [3.8, 4) is 22.6 Å². The molecule has 2 aromatic rings. The van der Waals surface area contributed by atoms with Crippen molar-refractivity contribution in [2.75, 3.05) is 25.7 Å². The molecule has 0 unspecified atom stereocenters. The highest BCUT2D eigenvalue weighted by molar-refractivity contribution is 6.05. The van der Waals surface area contributed by atoms with Crippen LogP contribution in [0.2, 0.25) is 0 Å². The fraction of sp³-hybridized carbons (Fsp3) is 0.435. The van der Waals surface area contributed by atoms with Gasteiger partial charge in [-0.05, 0) is 60.2 Å². The maximum atomic E-state index is 12.6. The van der Waals surface area contributed by atoms with Crippen LogP contribution in [0, 0.1) is 6.92 Å². The van der Waals surface area contributed by atoms with Crippen molar-refractivity contribution in [3.05, 3.63) is 41.0 Å². The van der Waals surface area contributed by atoms with Gasteiger partial charge in [0.25, 0.3) is 0 Å². The van der Waals surface area contributed by atoms with E-state index in [2.05, 4.69) is 45.0 Å². The number of nitrogens with zero attached hydrogens (tertiary/aromatic N) is 1. The van der Waals surface area contributed by atoms with Crippen LogP contribution in [0.4, 0.5) is 5.69 Å². The van der Waals surface area contributed by atoms with E-state index in [1.54, 1.807) is 14.2 Å². The van der Waals surface area contributed by atoms with E-state index < -0.39 is 0 Å². The second kappa shape index (κ2) is 8.03. The number of ether oxygens (including phenoxy) is 2. The fourth-order valence-corrected chi connectivity index (χ4v) is 4.03. The van der Waals surface area contributed by atoms with E-state index in [-0.39, 0.29) is 5.91 Å². The molecule has 27 heavy (non-hydrogen) atoms. The second-order valence-electron chi connectivity index (χ2n) is 7.10. The van der Waals surface area contributed by atoms with Crippen molar-refractivity contribution in [1.29, 1.82) is 0 Å². The molecule has 3 rings (SSSR count). The molecule has 0 bridgehead atoms. The van der Waals surface area contributed by atoms with Gasteiger partial charge in [0.15, 0.2) is 0 Å². The fourth-order valence-electron chi connectivity index (χ4n) is 4.03. The highest BCUT2D eigenvalue weighted by Crippen LogP contribution is 2.47. The molecule has 1 heterocycles. The number of amides is 1. The second-order valence-corrected chi connectivity index (χ2v) is 7.10. The van der Waals surface area contributed by atoms with E-state index in [1.165, 1.54) is 5.56 Å². The molecule has 0 atom stereocenters. The quantitative estimate of drug-likeness (QED) is 0.696. The molecule has 1 amide bonds. The summed E-state index contributed by atoms with van der Waals surface area (Å²) >= 11 is 0. The summed E-state index contributed by atoms with van der Waals surface area (Å²) in [5.74, 6) is 1.77. The molecule has 4 heteroatoms. The smallest absolute Gasteiger partial charge is 0.231 e. The molecule has 1 aliphatic heterocycles. The summed E-state index contributed by atoms with van der Waals surface area (Å²) in [5, 5.41) is 0. The zero-order valence-electron chi connectivity index (χ0n) is 17.0. The zero-order chi connectivity index (χ0) is 19.6. The Morgan fingerprint density at radius 2 is 1.67 bits per heavy atom. The van der Waals surface area contributed by atoms with Gasteiger partial charge in [0.1, 0.15) is 11.5 Å². The minimum Gasteiger partial charge on any atom is -0.496 e. The SMILES string of the molecule is CCCc1cc(OC)c(-c2c(C)ccc3c2CC(=O)N3CCC)c(OC)c1. The lowest BCUT2D eigenvalue weighted by Crippen LogP contribution is -2.27. The number of benzene rings is 2. The number of methoxy groups -OCH3 is 2. The van der Waals surface area contributed by atoms with Crippen LogP contribution >= 0.6 is 0 Å². The Labute approximate surface area is 162 Å². The van der Waals surface area contributed by atoms with Crippen LogP contribution in [-0.4, -0.2) is 26.7 Å². The van der Waals surface area contributed by atoms with Crippen molar-refractivity contribution in [2.45, 2.75) is 46.5 Å². The standard InChI is InChI=1S/C23H29NO3/c1-6-8-16-12-19(26-4)23(20(13-16)27-5)22-15(3)9-10-18-17(22)14-21(25)24(18)11-7-2/h9-10,12-13H,6-8,11,14H2,1-5H3. The summed E-state index contributed by atoms with van der Waals surface area (Å²) < 4.78 is 11.5. The maximum absolute atomic E-state index is 12.6. The summed E-state index contributed by atoms with van der Waals surface area (Å²) in [6.07, 6.45) is 3.40. The van der Waals surface area contributed by atoms with E-state index in [1.807, 2.05) is 4.90 Å². The summed E-state index contributed by atoms with van der Waals surface area (Å²) in [6.45, 7) is 7.09. The van der Waals surface area contributed by atoms with Gasteiger partial charge < -0.3 is 14.4 Å². The van der Waals surface area contributed by atoms with Crippen molar-refractivity contribution in [1.82, 2.24) is 0 Å².